The molecule has 0 aliphatic heterocycles. The lowest BCUT2D eigenvalue weighted by molar-refractivity contribution is -0.135. The number of aryl methyl sites for hydroxylation is 1. The Bertz CT molecular complexity index is 883. The minimum absolute atomic E-state index is 0.0656. The number of carbonyl (C=O) groups excluding carboxylic acids is 1. The number of hydrogen-bond donors (Lipinski definition) is 1. The molecular formula is C19H21N3O2. The Morgan fingerprint density at radius 3 is 2.62 bits per heavy atom. The average Bonchev–Trinajstić information content (AvgIpc) is 2.99. The van der Waals surface area contributed by atoms with Crippen molar-refractivity contribution >= 4 is 16.7 Å². The quantitative estimate of drug-likeness (QED) is 0.800. The summed E-state index contributed by atoms with van der Waals surface area (Å²) in [6.07, 6.45) is 1.27. The normalized spacial score (nSPS) is 12.2. The van der Waals surface area contributed by atoms with Crippen LogP contribution >= 0.6 is 0 Å². The molecule has 1 amide bonds. The maximum Gasteiger partial charge on any atom is 0.262 e. The van der Waals surface area contributed by atoms with Gasteiger partial charge in [0.05, 0.1) is 6.20 Å². The van der Waals surface area contributed by atoms with Crippen molar-refractivity contribution < 1.29 is 9.53 Å². The first-order chi connectivity index (χ1) is 11.5. The standard InChI is InChI=1S/C19H21N3O2/c1-12-18(11-20-21-12)17-10-15(24-13(2)19(23)22(3)4)9-14-7-5-6-8-16(14)17/h5-11,13H,1-4H3,(H,20,21). The summed E-state index contributed by atoms with van der Waals surface area (Å²) in [5, 5.41) is 9.28. The zero-order valence-corrected chi connectivity index (χ0v) is 14.3. The van der Waals surface area contributed by atoms with Crippen molar-refractivity contribution in [1.29, 1.82) is 0 Å². The number of hydrogen-bond acceptors (Lipinski definition) is 3. The van der Waals surface area contributed by atoms with Gasteiger partial charge >= 0.3 is 0 Å². The van der Waals surface area contributed by atoms with E-state index in [-0.39, 0.29) is 5.91 Å². The topological polar surface area (TPSA) is 58.2 Å². The second-order valence-electron chi connectivity index (χ2n) is 6.09. The fraction of sp³-hybridized carbons (Fsp3) is 0.263. The van der Waals surface area contributed by atoms with Crippen LogP contribution in [0.25, 0.3) is 21.9 Å². The monoisotopic (exact) mass is 323 g/mol. The zero-order valence-electron chi connectivity index (χ0n) is 14.3. The van der Waals surface area contributed by atoms with E-state index in [0.717, 1.165) is 27.6 Å². The second-order valence-corrected chi connectivity index (χ2v) is 6.09. The maximum atomic E-state index is 12.1. The van der Waals surface area contributed by atoms with Crippen LogP contribution < -0.4 is 4.74 Å². The van der Waals surface area contributed by atoms with E-state index in [2.05, 4.69) is 16.3 Å². The summed E-state index contributed by atoms with van der Waals surface area (Å²) in [6, 6.07) is 12.1. The van der Waals surface area contributed by atoms with E-state index in [1.54, 1.807) is 21.0 Å². The first-order valence-electron chi connectivity index (χ1n) is 7.88. The number of nitrogens with zero attached hydrogens (tertiary/aromatic N) is 2. The fourth-order valence-corrected chi connectivity index (χ4v) is 2.81. The third kappa shape index (κ3) is 2.97. The van der Waals surface area contributed by atoms with E-state index in [0.29, 0.717) is 5.75 Å². The fourth-order valence-electron chi connectivity index (χ4n) is 2.81. The first-order valence-corrected chi connectivity index (χ1v) is 7.88. The van der Waals surface area contributed by atoms with Crippen LogP contribution in [0.4, 0.5) is 0 Å². The van der Waals surface area contributed by atoms with Crippen LogP contribution in [0.3, 0.4) is 0 Å². The molecule has 0 fully saturated rings. The molecule has 1 heterocycles. The lowest BCUT2D eigenvalue weighted by Gasteiger charge is -2.19. The molecule has 124 valence electrons. The van der Waals surface area contributed by atoms with Gasteiger partial charge in [-0.15, -0.1) is 0 Å². The third-order valence-corrected chi connectivity index (χ3v) is 4.06. The summed E-state index contributed by atoms with van der Waals surface area (Å²) in [5.41, 5.74) is 3.07. The number of ether oxygens (including phenoxy) is 1. The Kier molecular flexibility index (Phi) is 4.25. The Morgan fingerprint density at radius 2 is 1.96 bits per heavy atom. The van der Waals surface area contributed by atoms with E-state index in [1.165, 1.54) is 4.90 Å². The molecule has 2 aromatic carbocycles. The number of fused-ring (bicyclic) bond motifs is 1. The minimum Gasteiger partial charge on any atom is -0.481 e. The molecule has 5 nitrogen and oxygen atoms in total. The van der Waals surface area contributed by atoms with Crippen LogP contribution in [0.15, 0.2) is 42.6 Å². The number of carbonyl (C=O) groups is 1. The average molecular weight is 323 g/mol. The van der Waals surface area contributed by atoms with E-state index >= 15 is 0 Å². The molecular weight excluding hydrogens is 302 g/mol. The Hall–Kier alpha value is -2.82. The Morgan fingerprint density at radius 1 is 1.21 bits per heavy atom. The van der Waals surface area contributed by atoms with Gasteiger partial charge in [-0.05, 0) is 42.3 Å². The van der Waals surface area contributed by atoms with E-state index in [1.807, 2.05) is 43.5 Å². The van der Waals surface area contributed by atoms with E-state index in [9.17, 15) is 4.79 Å². The number of amides is 1. The summed E-state index contributed by atoms with van der Waals surface area (Å²) < 4.78 is 5.90. The van der Waals surface area contributed by atoms with Crippen LogP contribution in [0, 0.1) is 6.92 Å². The van der Waals surface area contributed by atoms with Gasteiger partial charge in [0.2, 0.25) is 0 Å². The SMILES string of the molecule is Cc1[nH]ncc1-c1cc(OC(C)C(=O)N(C)C)cc2ccccc12. The number of aromatic nitrogens is 2. The van der Waals surface area contributed by atoms with Gasteiger partial charge in [0.1, 0.15) is 5.75 Å². The number of rotatable bonds is 4. The molecule has 1 unspecified atom stereocenters. The van der Waals surface area contributed by atoms with Gasteiger partial charge in [0.25, 0.3) is 5.91 Å². The Labute approximate surface area is 141 Å². The van der Waals surface area contributed by atoms with Crippen molar-refractivity contribution in [2.75, 3.05) is 14.1 Å². The lowest BCUT2D eigenvalue weighted by Crippen LogP contribution is -2.35. The van der Waals surface area contributed by atoms with Gasteiger partial charge in [-0.3, -0.25) is 9.89 Å². The predicted molar refractivity (Wildman–Crippen MR) is 95.1 cm³/mol. The van der Waals surface area contributed by atoms with Crippen molar-refractivity contribution in [2.24, 2.45) is 0 Å². The predicted octanol–water partition coefficient (Wildman–Crippen LogP) is 3.39. The van der Waals surface area contributed by atoms with Crippen molar-refractivity contribution in [3.8, 4) is 16.9 Å². The van der Waals surface area contributed by atoms with Crippen molar-refractivity contribution in [3.05, 3.63) is 48.3 Å². The smallest absolute Gasteiger partial charge is 0.262 e. The molecule has 24 heavy (non-hydrogen) atoms. The molecule has 1 N–H and O–H groups in total. The first kappa shape index (κ1) is 16.1. The van der Waals surface area contributed by atoms with Gasteiger partial charge in [0.15, 0.2) is 6.10 Å². The highest BCUT2D eigenvalue weighted by molar-refractivity contribution is 5.98. The second kappa shape index (κ2) is 6.35. The molecule has 0 aliphatic carbocycles. The molecule has 0 saturated carbocycles. The van der Waals surface area contributed by atoms with E-state index < -0.39 is 6.10 Å². The maximum absolute atomic E-state index is 12.1. The minimum atomic E-state index is -0.542. The van der Waals surface area contributed by atoms with Gasteiger partial charge in [-0.1, -0.05) is 24.3 Å². The van der Waals surface area contributed by atoms with Crippen LogP contribution in [0.2, 0.25) is 0 Å². The van der Waals surface area contributed by atoms with Crippen LogP contribution in [-0.2, 0) is 4.79 Å². The summed E-state index contributed by atoms with van der Waals surface area (Å²) in [5.74, 6) is 0.608. The molecule has 0 aliphatic rings. The number of likely N-dealkylation sites (N-methyl/N-ethyl adjacent to an activating group) is 1. The van der Waals surface area contributed by atoms with Gasteiger partial charge in [0, 0.05) is 25.4 Å². The number of H-pyrrole nitrogens is 1. The largest absolute Gasteiger partial charge is 0.481 e. The third-order valence-electron chi connectivity index (χ3n) is 4.06. The number of aromatic amines is 1. The highest BCUT2D eigenvalue weighted by Crippen LogP contribution is 2.34. The summed E-state index contributed by atoms with van der Waals surface area (Å²) in [4.78, 5) is 13.6. The highest BCUT2D eigenvalue weighted by Gasteiger charge is 2.18. The molecule has 0 radical (unpaired) electrons. The van der Waals surface area contributed by atoms with E-state index in [4.69, 9.17) is 4.74 Å². The van der Waals surface area contributed by atoms with Crippen molar-refractivity contribution in [3.63, 3.8) is 0 Å². The highest BCUT2D eigenvalue weighted by atomic mass is 16.5. The molecule has 1 aromatic heterocycles. The van der Waals surface area contributed by atoms with Crippen molar-refractivity contribution in [1.82, 2.24) is 15.1 Å². The van der Waals surface area contributed by atoms with Gasteiger partial charge < -0.3 is 9.64 Å². The van der Waals surface area contributed by atoms with Crippen LogP contribution in [0.5, 0.6) is 5.75 Å². The molecule has 5 heteroatoms. The summed E-state index contributed by atoms with van der Waals surface area (Å²) in [7, 11) is 3.45. The Balaban J connectivity index is 2.08. The zero-order chi connectivity index (χ0) is 17.3. The molecule has 1 atom stereocenters. The van der Waals surface area contributed by atoms with Gasteiger partial charge in [-0.2, -0.15) is 5.10 Å². The van der Waals surface area contributed by atoms with Crippen LogP contribution in [0.1, 0.15) is 12.6 Å². The molecule has 3 aromatic rings. The molecule has 3 rings (SSSR count). The van der Waals surface area contributed by atoms with Crippen LogP contribution in [-0.4, -0.2) is 41.2 Å². The van der Waals surface area contributed by atoms with Gasteiger partial charge in [-0.25, -0.2) is 0 Å². The number of benzene rings is 2. The number of nitrogens with one attached hydrogen (secondary N) is 1. The van der Waals surface area contributed by atoms with Crippen molar-refractivity contribution in [2.45, 2.75) is 20.0 Å². The molecule has 0 bridgehead atoms. The lowest BCUT2D eigenvalue weighted by atomic mass is 9.98. The summed E-state index contributed by atoms with van der Waals surface area (Å²) in [6.45, 7) is 3.75. The molecule has 0 spiro atoms. The molecule has 0 saturated heterocycles. The summed E-state index contributed by atoms with van der Waals surface area (Å²) >= 11 is 0.